The van der Waals surface area contributed by atoms with Gasteiger partial charge in [0.25, 0.3) is 0 Å². The summed E-state index contributed by atoms with van der Waals surface area (Å²) in [6.07, 6.45) is 1.43. The van der Waals surface area contributed by atoms with E-state index in [0.29, 0.717) is 39.6 Å². The molecule has 29 heavy (non-hydrogen) atoms. The van der Waals surface area contributed by atoms with Gasteiger partial charge in [-0.15, -0.1) is 0 Å². The molecule has 1 aromatic heterocycles. The third-order valence-electron chi connectivity index (χ3n) is 4.67. The van der Waals surface area contributed by atoms with Crippen LogP contribution in [0.1, 0.15) is 24.1 Å². The highest BCUT2D eigenvalue weighted by Crippen LogP contribution is 2.35. The van der Waals surface area contributed by atoms with E-state index in [1.807, 2.05) is 30.3 Å². The summed E-state index contributed by atoms with van der Waals surface area (Å²) in [7, 11) is 0. The number of rotatable bonds is 5. The molecule has 0 bridgehead atoms. The second kappa shape index (κ2) is 7.77. The Morgan fingerprint density at radius 1 is 1.24 bits per heavy atom. The number of amides is 1. The van der Waals surface area contributed by atoms with Crippen LogP contribution >= 0.6 is 23.2 Å². The lowest BCUT2D eigenvalue weighted by Crippen LogP contribution is -2.31. The Hall–Kier alpha value is -3.03. The molecule has 7 nitrogen and oxygen atoms in total. The molecule has 1 aliphatic rings. The molecule has 0 saturated heterocycles. The predicted octanol–water partition coefficient (Wildman–Crippen LogP) is 3.94. The maximum absolute atomic E-state index is 12.1. The number of fused-ring (bicyclic) bond motifs is 1. The van der Waals surface area contributed by atoms with Gasteiger partial charge < -0.3 is 15.8 Å². The number of nitrogens with one attached hydrogen (secondary N) is 1. The lowest BCUT2D eigenvalue weighted by Gasteiger charge is -2.27. The second-order valence-corrected chi connectivity index (χ2v) is 7.40. The number of allylic oxidation sites excluding steroid dienone is 1. The largest absolute Gasteiger partial charge is 0.489 e. The summed E-state index contributed by atoms with van der Waals surface area (Å²) < 4.78 is 7.46. The van der Waals surface area contributed by atoms with Gasteiger partial charge in [0.05, 0.1) is 5.57 Å². The quantitative estimate of drug-likeness (QED) is 0.640. The summed E-state index contributed by atoms with van der Waals surface area (Å²) in [5.41, 5.74) is 8.39. The Morgan fingerprint density at radius 3 is 2.69 bits per heavy atom. The number of halogens is 2. The summed E-state index contributed by atoms with van der Waals surface area (Å²) in [5, 5.41) is 8.42. The van der Waals surface area contributed by atoms with Crippen LogP contribution in [0.5, 0.6) is 5.75 Å². The molecule has 0 fully saturated rings. The highest BCUT2D eigenvalue weighted by atomic mass is 35.5. The zero-order valence-electron chi connectivity index (χ0n) is 15.4. The minimum Gasteiger partial charge on any atom is -0.489 e. The van der Waals surface area contributed by atoms with Crippen LogP contribution in [0, 0.1) is 0 Å². The SMILES string of the molecule is CC1=C(C(N)=O)C(c2ccc(OCc3ccc(Cl)cc3Cl)cc2)n2ncnc2N1. The molecule has 148 valence electrons. The molecule has 0 radical (unpaired) electrons. The van der Waals surface area contributed by atoms with E-state index in [4.69, 9.17) is 33.7 Å². The molecule has 3 N–H and O–H groups in total. The number of carbonyl (C=O) groups excluding carboxylic acids is 1. The number of nitrogens with two attached hydrogens (primary N) is 1. The number of aromatic nitrogens is 3. The van der Waals surface area contributed by atoms with Crippen molar-refractivity contribution in [1.82, 2.24) is 14.8 Å². The molecule has 4 rings (SSSR count). The van der Waals surface area contributed by atoms with Crippen LogP contribution in [0.15, 0.2) is 60.1 Å². The van der Waals surface area contributed by atoms with Gasteiger partial charge in [0.15, 0.2) is 0 Å². The highest BCUT2D eigenvalue weighted by Gasteiger charge is 2.32. The maximum Gasteiger partial charge on any atom is 0.248 e. The van der Waals surface area contributed by atoms with E-state index < -0.39 is 11.9 Å². The van der Waals surface area contributed by atoms with Crippen LogP contribution < -0.4 is 15.8 Å². The first-order valence-corrected chi connectivity index (χ1v) is 9.53. The van der Waals surface area contributed by atoms with Crippen molar-refractivity contribution in [2.75, 3.05) is 5.32 Å². The topological polar surface area (TPSA) is 95.1 Å². The van der Waals surface area contributed by atoms with Gasteiger partial charge in [0.2, 0.25) is 11.9 Å². The number of nitrogens with zero attached hydrogens (tertiary/aromatic N) is 3. The minimum atomic E-state index is -0.515. The smallest absolute Gasteiger partial charge is 0.248 e. The fourth-order valence-corrected chi connectivity index (χ4v) is 3.73. The summed E-state index contributed by atoms with van der Waals surface area (Å²) in [4.78, 5) is 16.3. The maximum atomic E-state index is 12.1. The zero-order chi connectivity index (χ0) is 20.5. The Labute approximate surface area is 177 Å². The monoisotopic (exact) mass is 429 g/mol. The molecule has 0 spiro atoms. The van der Waals surface area contributed by atoms with Gasteiger partial charge in [-0.25, -0.2) is 4.68 Å². The Balaban J connectivity index is 1.58. The van der Waals surface area contributed by atoms with Crippen molar-refractivity contribution in [3.8, 4) is 5.75 Å². The van der Waals surface area contributed by atoms with Crippen molar-refractivity contribution in [2.24, 2.45) is 5.73 Å². The number of hydrogen-bond donors (Lipinski definition) is 2. The summed E-state index contributed by atoms with van der Waals surface area (Å²) in [6.45, 7) is 2.10. The van der Waals surface area contributed by atoms with Crippen molar-refractivity contribution in [2.45, 2.75) is 19.6 Å². The second-order valence-electron chi connectivity index (χ2n) is 6.55. The molecule has 9 heteroatoms. The van der Waals surface area contributed by atoms with E-state index >= 15 is 0 Å². The zero-order valence-corrected chi connectivity index (χ0v) is 16.9. The van der Waals surface area contributed by atoms with Crippen molar-refractivity contribution < 1.29 is 9.53 Å². The lowest BCUT2D eigenvalue weighted by atomic mass is 9.95. The summed E-state index contributed by atoms with van der Waals surface area (Å²) in [5.74, 6) is 0.697. The van der Waals surface area contributed by atoms with Crippen molar-refractivity contribution in [3.05, 3.63) is 81.2 Å². The van der Waals surface area contributed by atoms with Crippen LogP contribution in [-0.4, -0.2) is 20.7 Å². The van der Waals surface area contributed by atoms with Crippen LogP contribution in [0.4, 0.5) is 5.95 Å². The van der Waals surface area contributed by atoms with Gasteiger partial charge in [-0.1, -0.05) is 41.4 Å². The van der Waals surface area contributed by atoms with Gasteiger partial charge in [-0.3, -0.25) is 4.79 Å². The van der Waals surface area contributed by atoms with E-state index in [2.05, 4.69) is 15.4 Å². The average Bonchev–Trinajstić information content (AvgIpc) is 3.14. The first kappa shape index (κ1) is 19.3. The number of benzene rings is 2. The molecular formula is C20H17Cl2N5O2. The standard InChI is InChI=1S/C20H17Cl2N5O2/c1-11-17(19(23)28)18(27-20(26-11)24-10-25-27)12-3-6-15(7-4-12)29-9-13-2-5-14(21)8-16(13)22/h2-8,10,18H,9H2,1H3,(H2,23,28)(H,24,25,26). The molecule has 1 unspecified atom stereocenters. The lowest BCUT2D eigenvalue weighted by molar-refractivity contribution is -0.115. The van der Waals surface area contributed by atoms with E-state index in [1.54, 1.807) is 23.7 Å². The Morgan fingerprint density at radius 2 is 2.00 bits per heavy atom. The van der Waals surface area contributed by atoms with Crippen LogP contribution in [0.3, 0.4) is 0 Å². The highest BCUT2D eigenvalue weighted by molar-refractivity contribution is 6.35. The average molecular weight is 430 g/mol. The summed E-state index contributed by atoms with van der Waals surface area (Å²) in [6, 6.07) is 12.2. The third kappa shape index (κ3) is 3.79. The summed E-state index contributed by atoms with van der Waals surface area (Å²) >= 11 is 12.1. The number of ether oxygens (including phenoxy) is 1. The number of primary amides is 1. The van der Waals surface area contributed by atoms with E-state index in [0.717, 1.165) is 11.1 Å². The van der Waals surface area contributed by atoms with Gasteiger partial charge in [0, 0.05) is 21.3 Å². The molecule has 0 aliphatic carbocycles. The molecule has 3 aromatic rings. The Bertz CT molecular complexity index is 1110. The molecule has 0 saturated carbocycles. The minimum absolute atomic E-state index is 0.307. The number of anilines is 1. The molecular weight excluding hydrogens is 413 g/mol. The van der Waals surface area contributed by atoms with Crippen molar-refractivity contribution in [1.29, 1.82) is 0 Å². The Kier molecular flexibility index (Phi) is 5.17. The normalized spacial score (nSPS) is 15.6. The van der Waals surface area contributed by atoms with Gasteiger partial charge >= 0.3 is 0 Å². The van der Waals surface area contributed by atoms with E-state index in [9.17, 15) is 4.79 Å². The third-order valence-corrected chi connectivity index (χ3v) is 5.25. The van der Waals surface area contributed by atoms with E-state index in [-0.39, 0.29) is 0 Å². The fourth-order valence-electron chi connectivity index (χ4n) is 3.26. The first-order chi connectivity index (χ1) is 13.9. The van der Waals surface area contributed by atoms with E-state index in [1.165, 1.54) is 6.33 Å². The van der Waals surface area contributed by atoms with Crippen molar-refractivity contribution >= 4 is 35.1 Å². The molecule has 2 heterocycles. The van der Waals surface area contributed by atoms with Gasteiger partial charge in [-0.2, -0.15) is 10.1 Å². The molecule has 1 amide bonds. The van der Waals surface area contributed by atoms with Crippen molar-refractivity contribution in [3.63, 3.8) is 0 Å². The number of hydrogen-bond acceptors (Lipinski definition) is 5. The fraction of sp³-hybridized carbons (Fsp3) is 0.150. The first-order valence-electron chi connectivity index (χ1n) is 8.78. The molecule has 1 atom stereocenters. The predicted molar refractivity (Wildman–Crippen MR) is 111 cm³/mol. The van der Waals surface area contributed by atoms with Crippen LogP contribution in [0.2, 0.25) is 10.0 Å². The van der Waals surface area contributed by atoms with Crippen LogP contribution in [-0.2, 0) is 11.4 Å². The number of carbonyl (C=O) groups is 1. The van der Waals surface area contributed by atoms with Crippen LogP contribution in [0.25, 0.3) is 0 Å². The van der Waals surface area contributed by atoms with Gasteiger partial charge in [-0.05, 0) is 36.8 Å². The van der Waals surface area contributed by atoms with Gasteiger partial charge in [0.1, 0.15) is 24.7 Å². The molecule has 2 aromatic carbocycles. The molecule has 1 aliphatic heterocycles.